The third-order valence-electron chi connectivity index (χ3n) is 0.950. The minimum absolute atomic E-state index is 0. The maximum absolute atomic E-state index is 10.1. The minimum atomic E-state index is -0.913. The largest absolute Gasteiger partial charge is 3.00 e. The molecule has 2 radical (unpaired) electrons. The summed E-state index contributed by atoms with van der Waals surface area (Å²) in [6.07, 6.45) is 2.48. The van der Waals surface area contributed by atoms with Crippen molar-refractivity contribution in [1.82, 2.24) is 0 Å². The molecule has 0 saturated heterocycles. The van der Waals surface area contributed by atoms with Gasteiger partial charge < -0.3 is 10.8 Å². The molecule has 0 aromatic carbocycles. The maximum atomic E-state index is 10.1. The topological polar surface area (TPSA) is 63.3 Å². The minimum Gasteiger partial charge on any atom is -0.480 e. The van der Waals surface area contributed by atoms with Gasteiger partial charge >= 0.3 is 32.2 Å². The van der Waals surface area contributed by atoms with Gasteiger partial charge in [-0.25, -0.2) is 0 Å². The van der Waals surface area contributed by atoms with Crippen LogP contribution in [0.3, 0.4) is 0 Å². The van der Waals surface area contributed by atoms with Gasteiger partial charge in [0.2, 0.25) is 0 Å². The van der Waals surface area contributed by atoms with E-state index in [9.17, 15) is 4.79 Å². The van der Waals surface area contributed by atoms with Gasteiger partial charge in [-0.2, -0.15) is 11.8 Å². The van der Waals surface area contributed by atoms with Crippen LogP contribution in [-0.4, -0.2) is 55.3 Å². The van der Waals surface area contributed by atoms with E-state index in [2.05, 4.69) is 0 Å². The van der Waals surface area contributed by atoms with E-state index in [1.54, 1.807) is 11.8 Å². The zero-order valence-electron chi connectivity index (χ0n) is 5.78. The van der Waals surface area contributed by atoms with Crippen molar-refractivity contribution in [1.29, 1.82) is 0 Å². The monoisotopic (exact) mass is 358 g/mol. The van der Waals surface area contributed by atoms with Crippen LogP contribution in [0.25, 0.3) is 0 Å². The number of hydrogen-bond acceptors (Lipinski definition) is 3. The molecule has 0 aromatic rings. The summed E-state index contributed by atoms with van der Waals surface area (Å²) in [5, 5.41) is 8.27. The molecule has 3 nitrogen and oxygen atoms in total. The third-order valence-corrected chi connectivity index (χ3v) is 1.59. The number of thioether (sulfide) groups is 1. The standard InChI is InChI=1S/C5H11NO2S.Bi/c1-9-3-2-4(6)5(7)8;/h4H,2-3,6H2,1H3,(H,7,8);/q;+3. The average molecular weight is 358 g/mol. The van der Waals surface area contributed by atoms with Gasteiger partial charge in [0, 0.05) is 0 Å². The Morgan fingerprint density at radius 3 is 2.60 bits per heavy atom. The van der Waals surface area contributed by atoms with Crippen LogP contribution in [0.15, 0.2) is 0 Å². The van der Waals surface area contributed by atoms with E-state index in [-0.39, 0.29) is 26.2 Å². The average Bonchev–Trinajstić information content (AvgIpc) is 1.82. The Hall–Kier alpha value is 0.663. The van der Waals surface area contributed by atoms with Gasteiger partial charge in [-0.05, 0) is 18.4 Å². The summed E-state index contributed by atoms with van der Waals surface area (Å²) in [6.45, 7) is 0. The van der Waals surface area contributed by atoms with Crippen molar-refractivity contribution < 1.29 is 9.90 Å². The van der Waals surface area contributed by atoms with Gasteiger partial charge in [-0.3, -0.25) is 4.79 Å². The summed E-state index contributed by atoms with van der Waals surface area (Å²) in [4.78, 5) is 10.1. The van der Waals surface area contributed by atoms with E-state index in [1.165, 1.54) is 0 Å². The Kier molecular flexibility index (Phi) is 10.3. The fourth-order valence-electron chi connectivity index (χ4n) is 0.368. The first-order chi connectivity index (χ1) is 4.18. The van der Waals surface area contributed by atoms with E-state index >= 15 is 0 Å². The molecular formula is C5H11BiNO2S+3. The van der Waals surface area contributed by atoms with Crippen LogP contribution in [0.4, 0.5) is 0 Å². The van der Waals surface area contributed by atoms with Crippen LogP contribution in [-0.2, 0) is 4.79 Å². The van der Waals surface area contributed by atoms with Gasteiger partial charge in [0.15, 0.2) is 0 Å². The normalized spacial score (nSPS) is 11.8. The molecule has 0 aliphatic rings. The molecule has 0 aliphatic carbocycles. The molecule has 0 fully saturated rings. The molecule has 1 unspecified atom stereocenters. The number of hydrogen-bond donors (Lipinski definition) is 2. The van der Waals surface area contributed by atoms with Crippen molar-refractivity contribution in [3.8, 4) is 0 Å². The van der Waals surface area contributed by atoms with Crippen LogP contribution >= 0.6 is 11.8 Å². The number of carboxylic acids is 1. The SMILES string of the molecule is CSCCC(N)C(=O)O.[Bi+3]. The summed E-state index contributed by atoms with van der Waals surface area (Å²) in [5.74, 6) is -0.1000. The first-order valence-corrected chi connectivity index (χ1v) is 4.05. The Morgan fingerprint density at radius 2 is 2.30 bits per heavy atom. The molecule has 0 spiro atoms. The van der Waals surface area contributed by atoms with E-state index in [0.29, 0.717) is 6.42 Å². The van der Waals surface area contributed by atoms with Crippen molar-refractivity contribution in [2.75, 3.05) is 12.0 Å². The summed E-state index contributed by atoms with van der Waals surface area (Å²) in [7, 11) is 0. The fourth-order valence-corrected chi connectivity index (χ4v) is 0.858. The fraction of sp³-hybridized carbons (Fsp3) is 0.800. The smallest absolute Gasteiger partial charge is 0.480 e. The predicted octanol–water partition coefficient (Wildman–Crippen LogP) is -0.229. The van der Waals surface area contributed by atoms with Gasteiger partial charge in [-0.1, -0.05) is 0 Å². The van der Waals surface area contributed by atoms with Crippen molar-refractivity contribution >= 4 is 43.9 Å². The molecular weight excluding hydrogens is 347 g/mol. The Bertz CT molecular complexity index is 102. The molecule has 0 amide bonds. The number of nitrogens with two attached hydrogens (primary N) is 1. The molecule has 0 aromatic heterocycles. The third kappa shape index (κ3) is 6.78. The van der Waals surface area contributed by atoms with Gasteiger partial charge in [-0.15, -0.1) is 0 Å². The summed E-state index contributed by atoms with van der Waals surface area (Å²) in [5.41, 5.74) is 5.19. The molecule has 56 valence electrons. The van der Waals surface area contributed by atoms with Crippen molar-refractivity contribution in [2.24, 2.45) is 5.73 Å². The molecule has 0 aliphatic heterocycles. The molecule has 10 heavy (non-hydrogen) atoms. The van der Waals surface area contributed by atoms with Crippen LogP contribution in [0.5, 0.6) is 0 Å². The second-order valence-corrected chi connectivity index (χ2v) is 2.71. The quantitative estimate of drug-likeness (QED) is 0.682. The van der Waals surface area contributed by atoms with Gasteiger partial charge in [0.25, 0.3) is 0 Å². The van der Waals surface area contributed by atoms with Gasteiger partial charge in [0.1, 0.15) is 6.04 Å². The van der Waals surface area contributed by atoms with Crippen LogP contribution in [0.1, 0.15) is 6.42 Å². The van der Waals surface area contributed by atoms with Gasteiger partial charge in [0.05, 0.1) is 0 Å². The van der Waals surface area contributed by atoms with Crippen LogP contribution < -0.4 is 5.73 Å². The van der Waals surface area contributed by atoms with E-state index in [4.69, 9.17) is 10.8 Å². The molecule has 0 bridgehead atoms. The Morgan fingerprint density at radius 1 is 1.80 bits per heavy atom. The summed E-state index contributed by atoms with van der Waals surface area (Å²) < 4.78 is 0. The van der Waals surface area contributed by atoms with E-state index in [1.807, 2.05) is 6.26 Å². The van der Waals surface area contributed by atoms with Crippen LogP contribution in [0, 0.1) is 0 Å². The zero-order chi connectivity index (χ0) is 7.28. The molecule has 3 N–H and O–H groups in total. The number of carboxylic acid groups (broad SMARTS) is 1. The summed E-state index contributed by atoms with van der Waals surface area (Å²) in [6, 6.07) is -0.683. The molecule has 5 heteroatoms. The molecule has 0 rings (SSSR count). The maximum Gasteiger partial charge on any atom is 3.00 e. The molecule has 0 saturated carbocycles. The first-order valence-electron chi connectivity index (χ1n) is 2.65. The number of aliphatic carboxylic acids is 1. The molecule has 0 heterocycles. The number of rotatable bonds is 4. The summed E-state index contributed by atoms with van der Waals surface area (Å²) >= 11 is 1.60. The van der Waals surface area contributed by atoms with E-state index in [0.717, 1.165) is 5.75 Å². The second-order valence-electron chi connectivity index (χ2n) is 1.73. The second kappa shape index (κ2) is 7.77. The Labute approximate surface area is 83.9 Å². The molecule has 1 atom stereocenters. The Balaban J connectivity index is 0. The van der Waals surface area contributed by atoms with Crippen molar-refractivity contribution in [3.05, 3.63) is 0 Å². The van der Waals surface area contributed by atoms with E-state index < -0.39 is 12.0 Å². The van der Waals surface area contributed by atoms with Crippen LogP contribution in [0.2, 0.25) is 0 Å². The predicted molar refractivity (Wildman–Crippen MR) is 44.4 cm³/mol. The first kappa shape index (κ1) is 13.3. The number of carbonyl (C=O) groups is 1. The van der Waals surface area contributed by atoms with Crippen molar-refractivity contribution in [2.45, 2.75) is 12.5 Å². The van der Waals surface area contributed by atoms with Crippen molar-refractivity contribution in [3.63, 3.8) is 0 Å². The zero-order valence-corrected chi connectivity index (χ0v) is 10.1.